The van der Waals surface area contributed by atoms with Crippen LogP contribution in [0.1, 0.15) is 30.0 Å². The van der Waals surface area contributed by atoms with Crippen LogP contribution in [0.3, 0.4) is 0 Å². The highest BCUT2D eigenvalue weighted by Gasteiger charge is 2.37. The molecule has 148 valence electrons. The maximum atomic E-state index is 13.2. The zero-order valence-corrected chi connectivity index (χ0v) is 16.2. The number of aromatic hydroxyl groups is 1. The van der Waals surface area contributed by atoms with Crippen molar-refractivity contribution in [1.82, 2.24) is 9.80 Å². The van der Waals surface area contributed by atoms with E-state index in [0.29, 0.717) is 13.2 Å². The van der Waals surface area contributed by atoms with Crippen molar-refractivity contribution in [2.75, 3.05) is 32.8 Å². The topological polar surface area (TPSA) is 53.0 Å². The van der Waals surface area contributed by atoms with Crippen LogP contribution in [-0.4, -0.2) is 59.7 Å². The standard InChI is InChI=1S/C23H28N2O3/c26-20-10-6-7-18(15-20)16-22(27)25-13-14-28-21(17-24-11-4-5-12-24)23(25)19-8-2-1-3-9-19/h1-3,6-10,15,21,23,26H,4-5,11-14,16-17H2/t21-,23-/m0/s1. The Labute approximate surface area is 166 Å². The van der Waals surface area contributed by atoms with Gasteiger partial charge in [-0.2, -0.15) is 0 Å². The number of morpholine rings is 1. The van der Waals surface area contributed by atoms with Gasteiger partial charge >= 0.3 is 0 Å². The molecule has 2 aliphatic heterocycles. The lowest BCUT2D eigenvalue weighted by atomic mass is 9.96. The molecule has 0 spiro atoms. The summed E-state index contributed by atoms with van der Waals surface area (Å²) in [6.45, 7) is 4.23. The number of carbonyl (C=O) groups is 1. The summed E-state index contributed by atoms with van der Waals surface area (Å²) in [6, 6.07) is 17.1. The number of nitrogens with zero attached hydrogens (tertiary/aromatic N) is 2. The van der Waals surface area contributed by atoms with E-state index in [1.165, 1.54) is 12.8 Å². The van der Waals surface area contributed by atoms with Gasteiger partial charge in [-0.3, -0.25) is 4.79 Å². The zero-order chi connectivity index (χ0) is 19.3. The molecule has 2 heterocycles. The van der Waals surface area contributed by atoms with Crippen molar-refractivity contribution in [3.63, 3.8) is 0 Å². The average Bonchev–Trinajstić information content (AvgIpc) is 3.21. The minimum atomic E-state index is -0.0830. The molecule has 0 aliphatic carbocycles. The lowest BCUT2D eigenvalue weighted by molar-refractivity contribution is -0.147. The van der Waals surface area contributed by atoms with Gasteiger partial charge in [0, 0.05) is 13.1 Å². The first-order valence-electron chi connectivity index (χ1n) is 10.2. The van der Waals surface area contributed by atoms with E-state index in [1.54, 1.807) is 18.2 Å². The second-order valence-corrected chi connectivity index (χ2v) is 7.71. The van der Waals surface area contributed by atoms with Crippen molar-refractivity contribution in [2.45, 2.75) is 31.4 Å². The molecule has 2 fully saturated rings. The zero-order valence-electron chi connectivity index (χ0n) is 16.2. The number of ether oxygens (including phenoxy) is 1. The van der Waals surface area contributed by atoms with E-state index < -0.39 is 0 Å². The number of phenolic OH excluding ortho intramolecular Hbond substituents is 1. The van der Waals surface area contributed by atoms with Gasteiger partial charge in [-0.25, -0.2) is 0 Å². The van der Waals surface area contributed by atoms with Crippen LogP contribution in [0.15, 0.2) is 54.6 Å². The number of hydrogen-bond donors (Lipinski definition) is 1. The fraction of sp³-hybridized carbons (Fsp3) is 0.435. The number of likely N-dealkylation sites (tertiary alicyclic amines) is 1. The average molecular weight is 380 g/mol. The van der Waals surface area contributed by atoms with Crippen LogP contribution in [-0.2, 0) is 16.0 Å². The molecule has 0 aromatic heterocycles. The summed E-state index contributed by atoms with van der Waals surface area (Å²) in [4.78, 5) is 17.6. The summed E-state index contributed by atoms with van der Waals surface area (Å²) in [7, 11) is 0. The molecular weight excluding hydrogens is 352 g/mol. The highest BCUT2D eigenvalue weighted by atomic mass is 16.5. The number of phenols is 1. The number of benzene rings is 2. The highest BCUT2D eigenvalue weighted by molar-refractivity contribution is 5.79. The summed E-state index contributed by atoms with van der Waals surface area (Å²) in [5.41, 5.74) is 1.95. The van der Waals surface area contributed by atoms with E-state index >= 15 is 0 Å². The van der Waals surface area contributed by atoms with Gasteiger partial charge in [0.1, 0.15) is 5.75 Å². The van der Waals surface area contributed by atoms with Crippen LogP contribution in [0.4, 0.5) is 0 Å². The Morgan fingerprint density at radius 3 is 2.57 bits per heavy atom. The van der Waals surface area contributed by atoms with Gasteiger partial charge in [0.15, 0.2) is 0 Å². The van der Waals surface area contributed by atoms with E-state index in [2.05, 4.69) is 17.0 Å². The van der Waals surface area contributed by atoms with Gasteiger partial charge in [-0.05, 0) is 49.2 Å². The summed E-state index contributed by atoms with van der Waals surface area (Å²) < 4.78 is 6.18. The second kappa shape index (κ2) is 8.76. The molecule has 1 N–H and O–H groups in total. The molecule has 2 aromatic carbocycles. The number of carbonyl (C=O) groups excluding carboxylic acids is 1. The van der Waals surface area contributed by atoms with Crippen LogP contribution < -0.4 is 0 Å². The Bertz CT molecular complexity index is 789. The maximum Gasteiger partial charge on any atom is 0.227 e. The van der Waals surface area contributed by atoms with Crippen molar-refractivity contribution in [2.24, 2.45) is 0 Å². The fourth-order valence-electron chi connectivity index (χ4n) is 4.37. The van der Waals surface area contributed by atoms with Gasteiger partial charge in [0.2, 0.25) is 5.91 Å². The van der Waals surface area contributed by atoms with E-state index in [4.69, 9.17) is 4.74 Å². The van der Waals surface area contributed by atoms with Crippen molar-refractivity contribution in [3.05, 3.63) is 65.7 Å². The van der Waals surface area contributed by atoms with Gasteiger partial charge in [0.05, 0.1) is 25.2 Å². The molecule has 5 nitrogen and oxygen atoms in total. The molecule has 2 aromatic rings. The van der Waals surface area contributed by atoms with E-state index in [9.17, 15) is 9.90 Å². The summed E-state index contributed by atoms with van der Waals surface area (Å²) in [5, 5.41) is 9.72. The Hall–Kier alpha value is -2.37. The first-order valence-corrected chi connectivity index (χ1v) is 10.2. The van der Waals surface area contributed by atoms with Crippen LogP contribution in [0, 0.1) is 0 Å². The Kier molecular flexibility index (Phi) is 5.93. The lowest BCUT2D eigenvalue weighted by Crippen LogP contribution is -2.52. The number of rotatable bonds is 5. The highest BCUT2D eigenvalue weighted by Crippen LogP contribution is 2.31. The molecule has 2 saturated heterocycles. The Morgan fingerprint density at radius 2 is 1.82 bits per heavy atom. The van der Waals surface area contributed by atoms with Gasteiger partial charge in [-0.1, -0.05) is 42.5 Å². The third kappa shape index (κ3) is 4.37. The maximum absolute atomic E-state index is 13.2. The van der Waals surface area contributed by atoms with Crippen LogP contribution in [0.5, 0.6) is 5.75 Å². The molecule has 5 heteroatoms. The van der Waals surface area contributed by atoms with E-state index in [1.807, 2.05) is 29.2 Å². The Morgan fingerprint density at radius 1 is 1.04 bits per heavy atom. The SMILES string of the molecule is O=C(Cc1cccc(O)c1)N1CCO[C@@H](CN2CCCC2)[C@@H]1c1ccccc1. The van der Waals surface area contributed by atoms with Gasteiger partial charge < -0.3 is 19.6 Å². The largest absolute Gasteiger partial charge is 0.508 e. The molecule has 0 radical (unpaired) electrons. The molecule has 2 atom stereocenters. The summed E-state index contributed by atoms with van der Waals surface area (Å²) in [5.74, 6) is 0.271. The predicted molar refractivity (Wildman–Crippen MR) is 108 cm³/mol. The molecule has 0 unspecified atom stereocenters. The molecular formula is C23H28N2O3. The van der Waals surface area contributed by atoms with Crippen molar-refractivity contribution < 1.29 is 14.6 Å². The normalized spacial score (nSPS) is 23.1. The molecule has 4 rings (SSSR count). The summed E-state index contributed by atoms with van der Waals surface area (Å²) >= 11 is 0. The van der Waals surface area contributed by atoms with Gasteiger partial charge in [0.25, 0.3) is 0 Å². The second-order valence-electron chi connectivity index (χ2n) is 7.71. The van der Waals surface area contributed by atoms with Crippen molar-refractivity contribution >= 4 is 5.91 Å². The third-order valence-electron chi connectivity index (χ3n) is 5.72. The number of amides is 1. The van der Waals surface area contributed by atoms with E-state index in [0.717, 1.165) is 30.8 Å². The first-order chi connectivity index (χ1) is 13.7. The van der Waals surface area contributed by atoms with Crippen LogP contribution in [0.2, 0.25) is 0 Å². The minimum Gasteiger partial charge on any atom is -0.508 e. The Balaban J connectivity index is 1.57. The predicted octanol–water partition coefficient (Wildman–Crippen LogP) is 3.00. The fourth-order valence-corrected chi connectivity index (χ4v) is 4.37. The van der Waals surface area contributed by atoms with E-state index in [-0.39, 0.29) is 30.2 Å². The van der Waals surface area contributed by atoms with Crippen molar-refractivity contribution in [1.29, 1.82) is 0 Å². The summed E-state index contributed by atoms with van der Waals surface area (Å²) in [6.07, 6.45) is 2.74. The van der Waals surface area contributed by atoms with Gasteiger partial charge in [-0.15, -0.1) is 0 Å². The quantitative estimate of drug-likeness (QED) is 0.866. The molecule has 0 saturated carbocycles. The minimum absolute atomic E-state index is 0.0256. The molecule has 2 aliphatic rings. The number of hydrogen-bond acceptors (Lipinski definition) is 4. The molecule has 1 amide bonds. The third-order valence-corrected chi connectivity index (χ3v) is 5.72. The monoisotopic (exact) mass is 380 g/mol. The first kappa shape index (κ1) is 19.0. The van der Waals surface area contributed by atoms with Crippen molar-refractivity contribution in [3.8, 4) is 5.75 Å². The smallest absolute Gasteiger partial charge is 0.227 e. The van der Waals surface area contributed by atoms with Crippen LogP contribution in [0.25, 0.3) is 0 Å². The molecule has 0 bridgehead atoms. The lowest BCUT2D eigenvalue weighted by Gasteiger charge is -2.43. The molecule has 28 heavy (non-hydrogen) atoms. The van der Waals surface area contributed by atoms with Crippen LogP contribution >= 0.6 is 0 Å².